The summed E-state index contributed by atoms with van der Waals surface area (Å²) in [7, 11) is 0. The summed E-state index contributed by atoms with van der Waals surface area (Å²) in [6.45, 7) is 16.6. The molecule has 0 aliphatic carbocycles. The van der Waals surface area contributed by atoms with Gasteiger partial charge in [0.1, 0.15) is 0 Å². The molecule has 0 bridgehead atoms. The molecule has 0 saturated heterocycles. The van der Waals surface area contributed by atoms with Gasteiger partial charge in [-0.1, -0.05) is 55.4 Å². The second kappa shape index (κ2) is 11.9. The Bertz CT molecular complexity index is 306. The van der Waals surface area contributed by atoms with Crippen LogP contribution in [-0.2, 0) is 26.7 Å². The first-order valence-electron chi connectivity index (χ1n) is 8.02. The molecule has 0 aromatic carbocycles. The third kappa shape index (κ3) is 26.7. The SMILES string of the molecule is CC(CC(=O)[O-])CC(C)(C)C.CC(CC(=O)[O-])CC(C)(C)C.[Fe+2]. The summed E-state index contributed by atoms with van der Waals surface area (Å²) >= 11 is 0. The first-order valence-corrected chi connectivity index (χ1v) is 8.02. The number of carboxylic acids is 2. The number of rotatable bonds is 6. The normalized spacial score (nSPS) is 13.9. The van der Waals surface area contributed by atoms with Gasteiger partial charge in [-0.25, -0.2) is 0 Å². The van der Waals surface area contributed by atoms with Gasteiger partial charge in [0.15, 0.2) is 0 Å². The molecule has 2 unspecified atom stereocenters. The Morgan fingerprint density at radius 2 is 0.957 bits per heavy atom. The Morgan fingerprint density at radius 3 is 1.09 bits per heavy atom. The Balaban J connectivity index is -0.000000333. The fourth-order valence-electron chi connectivity index (χ4n) is 2.80. The van der Waals surface area contributed by atoms with Gasteiger partial charge in [-0.2, -0.15) is 0 Å². The van der Waals surface area contributed by atoms with Gasteiger partial charge in [0.25, 0.3) is 0 Å². The standard InChI is InChI=1S/2C9H18O2.Fe/c2*1-7(5-8(10)11)6-9(2,3)4;/h2*7H,5-6H2,1-4H3,(H,10,11);/q;;+2/p-2. The van der Waals surface area contributed by atoms with Crippen LogP contribution in [0.25, 0.3) is 0 Å². The summed E-state index contributed by atoms with van der Waals surface area (Å²) in [6.07, 6.45) is 2.22. The molecule has 138 valence electrons. The minimum absolute atomic E-state index is 0. The second-order valence-electron chi connectivity index (χ2n) is 8.89. The number of carbonyl (C=O) groups is 2. The van der Waals surface area contributed by atoms with Gasteiger partial charge in [-0.05, 0) is 48.3 Å². The van der Waals surface area contributed by atoms with Crippen LogP contribution in [0, 0.1) is 22.7 Å². The summed E-state index contributed by atoms with van der Waals surface area (Å²) in [4.78, 5) is 20.4. The number of hydrogen-bond donors (Lipinski definition) is 0. The van der Waals surface area contributed by atoms with Crippen LogP contribution >= 0.6 is 0 Å². The zero-order valence-corrected chi connectivity index (χ0v) is 17.1. The summed E-state index contributed by atoms with van der Waals surface area (Å²) < 4.78 is 0. The van der Waals surface area contributed by atoms with E-state index in [0.717, 1.165) is 12.8 Å². The van der Waals surface area contributed by atoms with Crippen molar-refractivity contribution in [1.82, 2.24) is 0 Å². The molecule has 0 aliphatic heterocycles. The molecule has 0 rings (SSSR count). The third-order valence-electron chi connectivity index (χ3n) is 2.95. The average molecular weight is 370 g/mol. The fraction of sp³-hybridized carbons (Fsp3) is 0.889. The maximum Gasteiger partial charge on any atom is 2.00 e. The molecule has 0 aliphatic rings. The quantitative estimate of drug-likeness (QED) is 0.673. The largest absolute Gasteiger partial charge is 2.00 e. The van der Waals surface area contributed by atoms with E-state index in [-0.39, 0.29) is 52.6 Å². The van der Waals surface area contributed by atoms with E-state index in [2.05, 4.69) is 41.5 Å². The molecule has 0 aromatic heterocycles. The van der Waals surface area contributed by atoms with Gasteiger partial charge in [0.05, 0.1) is 0 Å². The molecule has 23 heavy (non-hydrogen) atoms. The Kier molecular flexibility index (Phi) is 14.1. The van der Waals surface area contributed by atoms with E-state index in [9.17, 15) is 19.8 Å². The van der Waals surface area contributed by atoms with Gasteiger partial charge in [0.2, 0.25) is 0 Å². The Morgan fingerprint density at radius 1 is 0.739 bits per heavy atom. The minimum Gasteiger partial charge on any atom is -0.550 e. The predicted octanol–water partition coefficient (Wildman–Crippen LogP) is 2.39. The van der Waals surface area contributed by atoms with Gasteiger partial charge < -0.3 is 19.8 Å². The third-order valence-corrected chi connectivity index (χ3v) is 2.95. The van der Waals surface area contributed by atoms with Crippen LogP contribution in [0.2, 0.25) is 0 Å². The summed E-state index contributed by atoms with van der Waals surface area (Å²) in [6, 6.07) is 0. The van der Waals surface area contributed by atoms with Crippen molar-refractivity contribution >= 4 is 11.9 Å². The van der Waals surface area contributed by atoms with Crippen LogP contribution in [0.1, 0.15) is 81.1 Å². The van der Waals surface area contributed by atoms with Crippen molar-refractivity contribution in [3.05, 3.63) is 0 Å². The minimum atomic E-state index is -0.943. The zero-order chi connectivity index (χ0) is 18.1. The van der Waals surface area contributed by atoms with E-state index in [1.165, 1.54) is 0 Å². The van der Waals surface area contributed by atoms with Crippen molar-refractivity contribution in [2.45, 2.75) is 81.1 Å². The molecule has 2 atom stereocenters. The van der Waals surface area contributed by atoms with E-state index in [0.29, 0.717) is 0 Å². The molecule has 0 heterocycles. The van der Waals surface area contributed by atoms with E-state index in [1.807, 2.05) is 13.8 Å². The van der Waals surface area contributed by atoms with E-state index in [4.69, 9.17) is 0 Å². The Hall–Kier alpha value is -0.541. The molecule has 0 N–H and O–H groups in total. The molecule has 4 nitrogen and oxygen atoms in total. The van der Waals surface area contributed by atoms with Crippen molar-refractivity contribution in [3.63, 3.8) is 0 Å². The molecule has 5 heteroatoms. The molecule has 0 aromatic rings. The monoisotopic (exact) mass is 370 g/mol. The van der Waals surface area contributed by atoms with Crippen molar-refractivity contribution in [1.29, 1.82) is 0 Å². The maximum absolute atomic E-state index is 10.2. The topological polar surface area (TPSA) is 80.3 Å². The smallest absolute Gasteiger partial charge is 0.550 e. The van der Waals surface area contributed by atoms with Gasteiger partial charge in [-0.15, -0.1) is 0 Å². The first-order chi connectivity index (χ1) is 9.62. The van der Waals surface area contributed by atoms with Gasteiger partial charge in [0, 0.05) is 11.9 Å². The van der Waals surface area contributed by atoms with Crippen LogP contribution in [0.4, 0.5) is 0 Å². The van der Waals surface area contributed by atoms with Crippen LogP contribution in [-0.4, -0.2) is 11.9 Å². The van der Waals surface area contributed by atoms with E-state index < -0.39 is 11.9 Å². The Labute approximate surface area is 152 Å². The maximum atomic E-state index is 10.2. The molecule has 0 fully saturated rings. The summed E-state index contributed by atoms with van der Waals surface area (Å²) in [5.74, 6) is -1.44. The van der Waals surface area contributed by atoms with Crippen LogP contribution in [0.5, 0.6) is 0 Å². The molecular weight excluding hydrogens is 336 g/mol. The van der Waals surface area contributed by atoms with Gasteiger partial charge in [-0.3, -0.25) is 0 Å². The van der Waals surface area contributed by atoms with E-state index in [1.54, 1.807) is 0 Å². The molecular formula is C18H34FeO4. The van der Waals surface area contributed by atoms with Crippen molar-refractivity contribution < 1.29 is 36.9 Å². The van der Waals surface area contributed by atoms with Crippen LogP contribution in [0.3, 0.4) is 0 Å². The molecule has 0 amide bonds. The predicted molar refractivity (Wildman–Crippen MR) is 85.7 cm³/mol. The van der Waals surface area contributed by atoms with E-state index >= 15 is 0 Å². The van der Waals surface area contributed by atoms with Crippen LogP contribution < -0.4 is 10.2 Å². The van der Waals surface area contributed by atoms with Crippen molar-refractivity contribution in [2.75, 3.05) is 0 Å². The fourth-order valence-corrected chi connectivity index (χ4v) is 2.80. The zero-order valence-electron chi connectivity index (χ0n) is 16.0. The average Bonchev–Trinajstić information content (AvgIpc) is 2.07. The molecule has 0 spiro atoms. The second-order valence-corrected chi connectivity index (χ2v) is 8.89. The summed E-state index contributed by atoms with van der Waals surface area (Å²) in [5, 5.41) is 20.4. The van der Waals surface area contributed by atoms with Crippen molar-refractivity contribution in [3.8, 4) is 0 Å². The molecule has 0 radical (unpaired) electrons. The number of hydrogen-bond acceptors (Lipinski definition) is 4. The van der Waals surface area contributed by atoms with Crippen LogP contribution in [0.15, 0.2) is 0 Å². The number of aliphatic carboxylic acids is 2. The number of carboxylic acid groups (broad SMARTS) is 2. The first kappa shape index (κ1) is 27.3. The van der Waals surface area contributed by atoms with Gasteiger partial charge >= 0.3 is 17.1 Å². The van der Waals surface area contributed by atoms with Crippen molar-refractivity contribution in [2.24, 2.45) is 22.7 Å². The summed E-state index contributed by atoms with van der Waals surface area (Å²) in [5.41, 5.74) is 0.434. The number of carbonyl (C=O) groups excluding carboxylic acids is 2. The molecule has 0 saturated carbocycles.